The summed E-state index contributed by atoms with van der Waals surface area (Å²) in [5.74, 6) is -0.252. The zero-order valence-corrected chi connectivity index (χ0v) is 18.5. The Morgan fingerprint density at radius 1 is 0.966 bits per heavy atom. The number of unbranched alkanes of at least 4 members (excludes halogenated alkanes) is 9. The van der Waals surface area contributed by atoms with Crippen LogP contribution in [-0.4, -0.2) is 37.3 Å². The summed E-state index contributed by atoms with van der Waals surface area (Å²) < 4.78 is 36.3. The standard InChI is InChI=1S/C22H37NO5S/c1-2-3-4-5-6-7-8-9-10-14-17-21(28-20-15-12-11-13-16-20)22(24)23-18-19-29(25,26)27/h11-13,15-16,21H,2-10,14,17-19H2,1H3,(H,23,24)(H,25,26,27). The first-order valence-electron chi connectivity index (χ1n) is 10.9. The molecule has 0 aromatic heterocycles. The molecule has 1 atom stereocenters. The average molecular weight is 428 g/mol. The molecule has 1 rings (SSSR count). The lowest BCUT2D eigenvalue weighted by molar-refractivity contribution is -0.128. The maximum Gasteiger partial charge on any atom is 0.266 e. The van der Waals surface area contributed by atoms with Gasteiger partial charge in [0.05, 0.1) is 5.75 Å². The number of ether oxygens (including phenoxy) is 1. The third-order valence-corrected chi connectivity index (χ3v) is 5.51. The van der Waals surface area contributed by atoms with Crippen molar-refractivity contribution in [2.24, 2.45) is 0 Å². The molecule has 0 spiro atoms. The Morgan fingerprint density at radius 2 is 1.52 bits per heavy atom. The Morgan fingerprint density at radius 3 is 2.07 bits per heavy atom. The van der Waals surface area contributed by atoms with Gasteiger partial charge in [-0.2, -0.15) is 8.42 Å². The highest BCUT2D eigenvalue weighted by molar-refractivity contribution is 7.85. The van der Waals surface area contributed by atoms with E-state index in [9.17, 15) is 13.2 Å². The van der Waals surface area contributed by atoms with Gasteiger partial charge in [0.25, 0.3) is 16.0 Å². The third kappa shape index (κ3) is 14.1. The SMILES string of the molecule is CCCCCCCCCCCCC(Oc1ccccc1)C(=O)NCCS(=O)(=O)O. The van der Waals surface area contributed by atoms with Crippen LogP contribution in [0.4, 0.5) is 0 Å². The first-order valence-corrected chi connectivity index (χ1v) is 12.5. The second-order valence-electron chi connectivity index (χ2n) is 7.47. The highest BCUT2D eigenvalue weighted by Crippen LogP contribution is 2.16. The predicted molar refractivity (Wildman–Crippen MR) is 117 cm³/mol. The lowest BCUT2D eigenvalue weighted by Gasteiger charge is -2.18. The van der Waals surface area contributed by atoms with Crippen LogP contribution in [0.3, 0.4) is 0 Å². The van der Waals surface area contributed by atoms with Crippen LogP contribution in [0.5, 0.6) is 5.75 Å². The molecule has 0 saturated heterocycles. The number of para-hydroxylation sites is 1. The van der Waals surface area contributed by atoms with Crippen molar-refractivity contribution in [3.63, 3.8) is 0 Å². The van der Waals surface area contributed by atoms with Crippen LogP contribution in [-0.2, 0) is 14.9 Å². The number of nitrogens with one attached hydrogen (secondary N) is 1. The molecule has 0 aliphatic rings. The molecule has 0 saturated carbocycles. The topological polar surface area (TPSA) is 92.7 Å². The molecule has 7 heteroatoms. The van der Waals surface area contributed by atoms with Crippen molar-refractivity contribution in [1.82, 2.24) is 5.32 Å². The summed E-state index contributed by atoms with van der Waals surface area (Å²) in [6, 6.07) is 9.12. The average Bonchev–Trinajstić information content (AvgIpc) is 2.68. The van der Waals surface area contributed by atoms with Crippen LogP contribution in [0, 0.1) is 0 Å². The maximum atomic E-state index is 12.4. The second kappa shape index (κ2) is 15.3. The van der Waals surface area contributed by atoms with E-state index in [4.69, 9.17) is 9.29 Å². The summed E-state index contributed by atoms with van der Waals surface area (Å²) in [4.78, 5) is 12.4. The van der Waals surface area contributed by atoms with Crippen molar-refractivity contribution in [3.05, 3.63) is 30.3 Å². The van der Waals surface area contributed by atoms with Gasteiger partial charge in [-0.25, -0.2) is 0 Å². The summed E-state index contributed by atoms with van der Waals surface area (Å²) >= 11 is 0. The van der Waals surface area contributed by atoms with Crippen LogP contribution < -0.4 is 10.1 Å². The third-order valence-electron chi connectivity index (χ3n) is 4.79. The van der Waals surface area contributed by atoms with Crippen LogP contribution >= 0.6 is 0 Å². The second-order valence-corrected chi connectivity index (χ2v) is 9.04. The number of hydrogen-bond acceptors (Lipinski definition) is 4. The molecule has 6 nitrogen and oxygen atoms in total. The van der Waals surface area contributed by atoms with Crippen LogP contribution in [0.25, 0.3) is 0 Å². The van der Waals surface area contributed by atoms with Gasteiger partial charge in [-0.3, -0.25) is 9.35 Å². The van der Waals surface area contributed by atoms with Crippen LogP contribution in [0.1, 0.15) is 77.6 Å². The predicted octanol–water partition coefficient (Wildman–Crippen LogP) is 4.75. The van der Waals surface area contributed by atoms with Gasteiger partial charge < -0.3 is 10.1 Å². The Kier molecular flexibility index (Phi) is 13.4. The highest BCUT2D eigenvalue weighted by Gasteiger charge is 2.20. The molecule has 2 N–H and O–H groups in total. The molecule has 29 heavy (non-hydrogen) atoms. The number of rotatable bonds is 17. The molecule has 0 fully saturated rings. The molecule has 1 unspecified atom stereocenters. The van der Waals surface area contributed by atoms with Gasteiger partial charge in [0.15, 0.2) is 6.10 Å². The van der Waals surface area contributed by atoms with Crippen molar-refractivity contribution in [2.45, 2.75) is 83.7 Å². The van der Waals surface area contributed by atoms with E-state index in [1.54, 1.807) is 12.1 Å². The molecule has 1 aromatic rings. The molecule has 0 radical (unpaired) electrons. The summed E-state index contributed by atoms with van der Waals surface area (Å²) in [6.07, 6.45) is 12.0. The minimum atomic E-state index is -4.10. The van der Waals surface area contributed by atoms with Crippen molar-refractivity contribution in [3.8, 4) is 5.75 Å². The van der Waals surface area contributed by atoms with E-state index in [0.29, 0.717) is 12.2 Å². The summed E-state index contributed by atoms with van der Waals surface area (Å²) in [7, 11) is -4.10. The van der Waals surface area contributed by atoms with Gasteiger partial charge in [-0.05, 0) is 25.0 Å². The van der Waals surface area contributed by atoms with Crippen LogP contribution in [0.2, 0.25) is 0 Å². The van der Waals surface area contributed by atoms with E-state index in [2.05, 4.69) is 12.2 Å². The Labute approximate surface area is 176 Å². The molecule has 0 aliphatic carbocycles. The zero-order valence-electron chi connectivity index (χ0n) is 17.6. The molecule has 0 aliphatic heterocycles. The monoisotopic (exact) mass is 427 g/mol. The van der Waals surface area contributed by atoms with E-state index in [1.165, 1.54) is 44.9 Å². The quantitative estimate of drug-likeness (QED) is 0.276. The van der Waals surface area contributed by atoms with Crippen molar-refractivity contribution in [1.29, 1.82) is 0 Å². The van der Waals surface area contributed by atoms with Gasteiger partial charge in [-0.15, -0.1) is 0 Å². The number of amides is 1. The number of benzene rings is 1. The number of carbonyl (C=O) groups is 1. The summed E-state index contributed by atoms with van der Waals surface area (Å²) in [5, 5.41) is 2.54. The van der Waals surface area contributed by atoms with E-state index >= 15 is 0 Å². The first-order chi connectivity index (χ1) is 13.9. The minimum absolute atomic E-state index is 0.135. The van der Waals surface area contributed by atoms with Gasteiger partial charge >= 0.3 is 0 Å². The molecule has 166 valence electrons. The van der Waals surface area contributed by atoms with Gasteiger partial charge in [0.2, 0.25) is 0 Å². The molecule has 1 aromatic carbocycles. The van der Waals surface area contributed by atoms with E-state index in [1.807, 2.05) is 18.2 Å². The Hall–Kier alpha value is -1.60. The minimum Gasteiger partial charge on any atom is -0.481 e. The fourth-order valence-corrected chi connectivity index (χ4v) is 3.50. The lowest BCUT2D eigenvalue weighted by Crippen LogP contribution is -2.40. The fraction of sp³-hybridized carbons (Fsp3) is 0.682. The van der Waals surface area contributed by atoms with Gasteiger partial charge in [0, 0.05) is 6.54 Å². The molecule has 0 bridgehead atoms. The lowest BCUT2D eigenvalue weighted by atomic mass is 10.0. The molecular formula is C22H37NO5S. The van der Waals surface area contributed by atoms with E-state index in [-0.39, 0.29) is 12.5 Å². The van der Waals surface area contributed by atoms with E-state index in [0.717, 1.165) is 19.3 Å². The fourth-order valence-electron chi connectivity index (χ4n) is 3.14. The Bertz CT molecular complexity index is 648. The van der Waals surface area contributed by atoms with Gasteiger partial charge in [0.1, 0.15) is 5.75 Å². The van der Waals surface area contributed by atoms with Crippen molar-refractivity contribution < 1.29 is 22.5 Å². The summed E-state index contributed by atoms with van der Waals surface area (Å²) in [5.41, 5.74) is 0. The zero-order chi connectivity index (χ0) is 21.4. The number of carbonyl (C=O) groups excluding carboxylic acids is 1. The van der Waals surface area contributed by atoms with Crippen LogP contribution in [0.15, 0.2) is 30.3 Å². The number of hydrogen-bond donors (Lipinski definition) is 2. The maximum absolute atomic E-state index is 12.4. The summed E-state index contributed by atoms with van der Waals surface area (Å²) in [6.45, 7) is 2.09. The van der Waals surface area contributed by atoms with Crippen molar-refractivity contribution in [2.75, 3.05) is 12.3 Å². The first kappa shape index (κ1) is 25.4. The van der Waals surface area contributed by atoms with Gasteiger partial charge in [-0.1, -0.05) is 82.9 Å². The normalized spacial score (nSPS) is 12.5. The smallest absolute Gasteiger partial charge is 0.266 e. The highest BCUT2D eigenvalue weighted by atomic mass is 32.2. The largest absolute Gasteiger partial charge is 0.481 e. The molecular weight excluding hydrogens is 390 g/mol. The molecule has 1 amide bonds. The molecule has 0 heterocycles. The van der Waals surface area contributed by atoms with Crippen molar-refractivity contribution >= 4 is 16.0 Å². The van der Waals surface area contributed by atoms with E-state index < -0.39 is 22.0 Å². The Balaban J connectivity index is 2.33.